The van der Waals surface area contributed by atoms with E-state index in [1.54, 1.807) is 12.1 Å². The van der Waals surface area contributed by atoms with Crippen LogP contribution in [-0.2, 0) is 15.6 Å². The summed E-state index contributed by atoms with van der Waals surface area (Å²) in [6, 6.07) is 5.65. The molecule has 1 aromatic carbocycles. The lowest BCUT2D eigenvalue weighted by Gasteiger charge is -2.22. The van der Waals surface area contributed by atoms with E-state index in [9.17, 15) is 9.00 Å². The molecule has 1 aromatic rings. The summed E-state index contributed by atoms with van der Waals surface area (Å²) in [5.74, 6) is -0.153. The Hall–Kier alpha value is -1.36. The molecule has 1 aliphatic carbocycles. The molecule has 0 saturated heterocycles. The van der Waals surface area contributed by atoms with Gasteiger partial charge in [-0.05, 0) is 37.5 Å². The minimum absolute atomic E-state index is 0.0102. The van der Waals surface area contributed by atoms with Gasteiger partial charge in [-0.25, -0.2) is 0 Å². The molecule has 5 heteroatoms. The predicted molar refractivity (Wildman–Crippen MR) is 81.9 cm³/mol. The summed E-state index contributed by atoms with van der Waals surface area (Å²) in [4.78, 5) is 12.5. The Kier molecular flexibility index (Phi) is 5.17. The van der Waals surface area contributed by atoms with E-state index in [2.05, 4.69) is 5.32 Å². The van der Waals surface area contributed by atoms with Crippen molar-refractivity contribution in [3.63, 3.8) is 0 Å². The molecule has 0 bridgehead atoms. The molecular formula is C15H22N2O2S. The number of anilines is 1. The number of hydrogen-bond acceptors (Lipinski definition) is 3. The van der Waals surface area contributed by atoms with Gasteiger partial charge in [0, 0.05) is 11.7 Å². The average molecular weight is 294 g/mol. The van der Waals surface area contributed by atoms with E-state index in [1.807, 2.05) is 13.0 Å². The molecule has 2 rings (SSSR count). The molecule has 0 aliphatic heterocycles. The van der Waals surface area contributed by atoms with Crippen LogP contribution < -0.4 is 11.1 Å². The van der Waals surface area contributed by atoms with E-state index in [-0.39, 0.29) is 17.7 Å². The minimum Gasteiger partial charge on any atom is -0.398 e. The van der Waals surface area contributed by atoms with Crippen LogP contribution in [0.4, 0.5) is 5.69 Å². The lowest BCUT2D eigenvalue weighted by atomic mass is 9.95. The first kappa shape index (κ1) is 15.0. The molecular weight excluding hydrogens is 272 g/mol. The van der Waals surface area contributed by atoms with Gasteiger partial charge in [-0.3, -0.25) is 9.00 Å². The normalized spacial score (nSPS) is 17.6. The van der Waals surface area contributed by atoms with Crippen LogP contribution in [0, 0.1) is 6.92 Å². The first-order valence-corrected chi connectivity index (χ1v) is 8.42. The van der Waals surface area contributed by atoms with E-state index < -0.39 is 10.8 Å². The van der Waals surface area contributed by atoms with Crippen LogP contribution in [0.1, 0.15) is 37.7 Å². The van der Waals surface area contributed by atoms with Gasteiger partial charge in [0.15, 0.2) is 0 Å². The molecule has 1 atom stereocenters. The number of nitrogens with two attached hydrogens (primary N) is 1. The number of aryl methyl sites for hydroxylation is 1. The maximum Gasteiger partial charge on any atom is 0.233 e. The van der Waals surface area contributed by atoms with Crippen LogP contribution in [0.3, 0.4) is 0 Å². The molecule has 110 valence electrons. The number of carbonyl (C=O) groups is 1. The molecule has 1 aliphatic rings. The third kappa shape index (κ3) is 4.07. The zero-order chi connectivity index (χ0) is 14.5. The topological polar surface area (TPSA) is 72.2 Å². The zero-order valence-electron chi connectivity index (χ0n) is 11.9. The first-order valence-electron chi connectivity index (χ1n) is 7.10. The molecule has 3 N–H and O–H groups in total. The Morgan fingerprint density at radius 3 is 2.70 bits per heavy atom. The van der Waals surface area contributed by atoms with Gasteiger partial charge in [0.25, 0.3) is 0 Å². The Morgan fingerprint density at radius 1 is 1.35 bits per heavy atom. The molecule has 0 radical (unpaired) electrons. The quantitative estimate of drug-likeness (QED) is 0.836. The van der Waals surface area contributed by atoms with Crippen LogP contribution in [-0.4, -0.2) is 21.9 Å². The smallest absolute Gasteiger partial charge is 0.233 e. The number of carbonyl (C=O) groups excluding carboxylic acids is 1. The Labute approximate surface area is 122 Å². The number of nitrogens with one attached hydrogen (secondary N) is 1. The van der Waals surface area contributed by atoms with Crippen molar-refractivity contribution in [1.29, 1.82) is 0 Å². The van der Waals surface area contributed by atoms with Crippen molar-refractivity contribution in [3.05, 3.63) is 23.8 Å². The molecule has 20 heavy (non-hydrogen) atoms. The van der Waals surface area contributed by atoms with Crippen molar-refractivity contribution in [2.45, 2.75) is 50.0 Å². The van der Waals surface area contributed by atoms with Crippen LogP contribution in [0.15, 0.2) is 23.1 Å². The van der Waals surface area contributed by atoms with Gasteiger partial charge in [0.2, 0.25) is 5.91 Å². The Balaban J connectivity index is 1.91. The van der Waals surface area contributed by atoms with Gasteiger partial charge >= 0.3 is 0 Å². The van der Waals surface area contributed by atoms with Gasteiger partial charge in [-0.1, -0.05) is 25.3 Å². The number of nitrogen functional groups attached to an aromatic ring is 1. The van der Waals surface area contributed by atoms with E-state index in [0.717, 1.165) is 18.4 Å². The highest BCUT2D eigenvalue weighted by molar-refractivity contribution is 7.86. The largest absolute Gasteiger partial charge is 0.398 e. The van der Waals surface area contributed by atoms with Crippen molar-refractivity contribution in [2.75, 3.05) is 11.5 Å². The third-order valence-electron chi connectivity index (χ3n) is 3.64. The minimum atomic E-state index is -1.37. The van der Waals surface area contributed by atoms with Crippen LogP contribution >= 0.6 is 0 Å². The number of benzene rings is 1. The fraction of sp³-hybridized carbons (Fsp3) is 0.533. The molecule has 1 fully saturated rings. The highest BCUT2D eigenvalue weighted by Crippen LogP contribution is 2.19. The zero-order valence-corrected chi connectivity index (χ0v) is 12.7. The Bertz CT molecular complexity index is 511. The fourth-order valence-electron chi connectivity index (χ4n) is 2.59. The highest BCUT2D eigenvalue weighted by atomic mass is 32.2. The first-order chi connectivity index (χ1) is 9.56. The SMILES string of the molecule is Cc1ccc(S(=O)CC(=O)NC2CCCCC2)c(N)c1. The second-order valence-corrected chi connectivity index (χ2v) is 6.85. The molecule has 4 nitrogen and oxygen atoms in total. The summed E-state index contributed by atoms with van der Waals surface area (Å²) in [6.45, 7) is 1.93. The summed E-state index contributed by atoms with van der Waals surface area (Å²) in [5.41, 5.74) is 7.37. The van der Waals surface area contributed by atoms with Crippen molar-refractivity contribution in [3.8, 4) is 0 Å². The number of rotatable bonds is 4. The fourth-order valence-corrected chi connectivity index (χ4v) is 3.61. The summed E-state index contributed by atoms with van der Waals surface area (Å²) in [5, 5.41) is 2.98. The maximum atomic E-state index is 12.2. The van der Waals surface area contributed by atoms with Gasteiger partial charge in [0.05, 0.1) is 15.7 Å². The standard InChI is InChI=1S/C15H22N2O2S/c1-11-7-8-14(13(16)9-11)20(19)10-15(18)17-12-5-3-2-4-6-12/h7-9,12H,2-6,10,16H2,1H3,(H,17,18). The van der Waals surface area contributed by atoms with E-state index in [0.29, 0.717) is 10.6 Å². The molecule has 0 aromatic heterocycles. The van der Waals surface area contributed by atoms with E-state index in [1.165, 1.54) is 19.3 Å². The summed E-state index contributed by atoms with van der Waals surface area (Å²) >= 11 is 0. The third-order valence-corrected chi connectivity index (χ3v) is 5.03. The lowest BCUT2D eigenvalue weighted by Crippen LogP contribution is -2.38. The molecule has 0 spiro atoms. The molecule has 1 saturated carbocycles. The second-order valence-electron chi connectivity index (χ2n) is 5.43. The van der Waals surface area contributed by atoms with Gasteiger partial charge in [-0.15, -0.1) is 0 Å². The molecule has 0 heterocycles. The van der Waals surface area contributed by atoms with Crippen LogP contribution in [0.5, 0.6) is 0 Å². The van der Waals surface area contributed by atoms with E-state index in [4.69, 9.17) is 5.73 Å². The van der Waals surface area contributed by atoms with Gasteiger partial charge < -0.3 is 11.1 Å². The van der Waals surface area contributed by atoms with Crippen molar-refractivity contribution < 1.29 is 9.00 Å². The van der Waals surface area contributed by atoms with E-state index >= 15 is 0 Å². The summed E-state index contributed by atoms with van der Waals surface area (Å²) in [6.07, 6.45) is 5.65. The lowest BCUT2D eigenvalue weighted by molar-refractivity contribution is -0.119. The molecule has 1 amide bonds. The number of hydrogen-bond donors (Lipinski definition) is 2. The summed E-state index contributed by atoms with van der Waals surface area (Å²) < 4.78 is 12.2. The van der Waals surface area contributed by atoms with Crippen LogP contribution in [0.25, 0.3) is 0 Å². The van der Waals surface area contributed by atoms with Crippen LogP contribution in [0.2, 0.25) is 0 Å². The van der Waals surface area contributed by atoms with Gasteiger partial charge in [0.1, 0.15) is 5.75 Å². The highest BCUT2D eigenvalue weighted by Gasteiger charge is 2.18. The summed E-state index contributed by atoms with van der Waals surface area (Å²) in [7, 11) is -1.37. The van der Waals surface area contributed by atoms with Crippen molar-refractivity contribution >= 4 is 22.4 Å². The van der Waals surface area contributed by atoms with Crippen molar-refractivity contribution in [1.82, 2.24) is 5.32 Å². The maximum absolute atomic E-state index is 12.2. The molecule has 1 unspecified atom stereocenters. The van der Waals surface area contributed by atoms with Crippen molar-refractivity contribution in [2.24, 2.45) is 0 Å². The van der Waals surface area contributed by atoms with Gasteiger partial charge in [-0.2, -0.15) is 0 Å². The predicted octanol–water partition coefficient (Wildman–Crippen LogP) is 2.13. The second kappa shape index (κ2) is 6.88. The average Bonchev–Trinajstić information content (AvgIpc) is 2.39. The Morgan fingerprint density at radius 2 is 2.05 bits per heavy atom. The number of amides is 1. The monoisotopic (exact) mass is 294 g/mol.